The zero-order valence-corrected chi connectivity index (χ0v) is 17.2. The second-order valence-electron chi connectivity index (χ2n) is 5.30. The van der Waals surface area contributed by atoms with Crippen LogP contribution < -0.4 is 20.1 Å². The molecule has 0 aliphatic heterocycles. The fourth-order valence-electron chi connectivity index (χ4n) is 2.30. The average Bonchev–Trinajstić information content (AvgIpc) is 2.65. The lowest BCUT2D eigenvalue weighted by Crippen LogP contribution is -2.37. The van der Waals surface area contributed by atoms with E-state index in [2.05, 4.69) is 27.8 Å². The number of methoxy groups -OCH3 is 2. The Morgan fingerprint density at radius 3 is 2.28 bits per heavy atom. The van der Waals surface area contributed by atoms with Gasteiger partial charge in [-0.25, -0.2) is 0 Å². The number of hydrogen-bond donors (Lipinski definition) is 2. The van der Waals surface area contributed by atoms with Crippen LogP contribution in [0.4, 0.5) is 0 Å². The molecule has 0 amide bonds. The van der Waals surface area contributed by atoms with E-state index in [9.17, 15) is 0 Å². The van der Waals surface area contributed by atoms with E-state index >= 15 is 0 Å². The number of ether oxygens (including phenoxy) is 2. The summed E-state index contributed by atoms with van der Waals surface area (Å²) in [7, 11) is 5.12. The summed E-state index contributed by atoms with van der Waals surface area (Å²) >= 11 is 0. The first-order chi connectivity index (χ1) is 11.7. The van der Waals surface area contributed by atoms with Crippen LogP contribution in [0.3, 0.4) is 0 Å². The standard InChI is InChI=1S/C19H25N3O2.HI/c1-20-19(22-14-16-7-9-17(23-2)10-8-16)21-12-11-15-5-4-6-18(13-15)24-3;/h4-10,13H,11-12,14H2,1-3H3,(H2,20,21,22);1H. The van der Waals surface area contributed by atoms with Crippen LogP contribution in [0, 0.1) is 0 Å². The Morgan fingerprint density at radius 1 is 0.920 bits per heavy atom. The molecule has 0 saturated heterocycles. The summed E-state index contributed by atoms with van der Waals surface area (Å²) in [5.74, 6) is 2.53. The summed E-state index contributed by atoms with van der Waals surface area (Å²) in [6, 6.07) is 16.1. The van der Waals surface area contributed by atoms with Crippen molar-refractivity contribution in [2.24, 2.45) is 4.99 Å². The fourth-order valence-corrected chi connectivity index (χ4v) is 2.30. The zero-order valence-electron chi connectivity index (χ0n) is 14.9. The monoisotopic (exact) mass is 455 g/mol. The maximum atomic E-state index is 5.24. The van der Waals surface area contributed by atoms with E-state index in [1.54, 1.807) is 21.3 Å². The van der Waals surface area contributed by atoms with Gasteiger partial charge in [0.25, 0.3) is 0 Å². The normalized spacial score (nSPS) is 10.6. The molecule has 0 radical (unpaired) electrons. The van der Waals surface area contributed by atoms with E-state index < -0.39 is 0 Å². The summed E-state index contributed by atoms with van der Waals surface area (Å²) in [5, 5.41) is 6.63. The van der Waals surface area contributed by atoms with E-state index in [0.717, 1.165) is 30.4 Å². The second kappa shape index (κ2) is 11.6. The Balaban J connectivity index is 0.00000312. The van der Waals surface area contributed by atoms with Crippen molar-refractivity contribution in [2.75, 3.05) is 27.8 Å². The molecule has 25 heavy (non-hydrogen) atoms. The molecule has 136 valence electrons. The molecule has 5 nitrogen and oxygen atoms in total. The Labute approximate surface area is 166 Å². The van der Waals surface area contributed by atoms with Crippen LogP contribution in [0.2, 0.25) is 0 Å². The summed E-state index contributed by atoms with van der Waals surface area (Å²) in [5.41, 5.74) is 2.40. The van der Waals surface area contributed by atoms with E-state index in [-0.39, 0.29) is 24.0 Å². The van der Waals surface area contributed by atoms with Gasteiger partial charge in [0.15, 0.2) is 5.96 Å². The maximum Gasteiger partial charge on any atom is 0.191 e. The van der Waals surface area contributed by atoms with Crippen molar-refractivity contribution in [1.82, 2.24) is 10.6 Å². The van der Waals surface area contributed by atoms with Gasteiger partial charge >= 0.3 is 0 Å². The molecular formula is C19H26IN3O2. The van der Waals surface area contributed by atoms with Crippen molar-refractivity contribution in [3.8, 4) is 11.5 Å². The first-order valence-electron chi connectivity index (χ1n) is 7.95. The number of guanidine groups is 1. The summed E-state index contributed by atoms with van der Waals surface area (Å²) in [6.07, 6.45) is 0.903. The number of nitrogens with one attached hydrogen (secondary N) is 2. The van der Waals surface area contributed by atoms with Crippen LogP contribution >= 0.6 is 24.0 Å². The molecule has 0 aliphatic carbocycles. The van der Waals surface area contributed by atoms with Gasteiger partial charge in [-0.15, -0.1) is 24.0 Å². The van der Waals surface area contributed by atoms with Crippen LogP contribution in [-0.2, 0) is 13.0 Å². The van der Waals surface area contributed by atoms with Crippen LogP contribution in [0.5, 0.6) is 11.5 Å². The molecule has 2 aromatic rings. The number of rotatable bonds is 7. The van der Waals surface area contributed by atoms with Gasteiger partial charge in [-0.3, -0.25) is 4.99 Å². The summed E-state index contributed by atoms with van der Waals surface area (Å²) in [4.78, 5) is 4.25. The van der Waals surface area contributed by atoms with Crippen molar-refractivity contribution >= 4 is 29.9 Å². The number of nitrogens with zero attached hydrogens (tertiary/aromatic N) is 1. The van der Waals surface area contributed by atoms with Gasteiger partial charge in [0.1, 0.15) is 11.5 Å². The van der Waals surface area contributed by atoms with Crippen molar-refractivity contribution in [1.29, 1.82) is 0 Å². The second-order valence-corrected chi connectivity index (χ2v) is 5.30. The highest BCUT2D eigenvalue weighted by Gasteiger charge is 2.00. The lowest BCUT2D eigenvalue weighted by Gasteiger charge is -2.12. The highest BCUT2D eigenvalue weighted by atomic mass is 127. The quantitative estimate of drug-likeness (QED) is 0.383. The highest BCUT2D eigenvalue weighted by molar-refractivity contribution is 14.0. The molecule has 0 fully saturated rings. The smallest absolute Gasteiger partial charge is 0.191 e. The Hall–Kier alpha value is -1.96. The molecular weight excluding hydrogens is 429 g/mol. The zero-order chi connectivity index (χ0) is 17.2. The SMILES string of the molecule is CN=C(NCCc1cccc(OC)c1)NCc1ccc(OC)cc1.I. The lowest BCUT2D eigenvalue weighted by atomic mass is 10.1. The largest absolute Gasteiger partial charge is 0.497 e. The molecule has 6 heteroatoms. The van der Waals surface area contributed by atoms with Crippen LogP contribution in [0.25, 0.3) is 0 Å². The van der Waals surface area contributed by atoms with Crippen LogP contribution in [0.15, 0.2) is 53.5 Å². The minimum atomic E-state index is 0. The molecule has 0 aromatic heterocycles. The Morgan fingerprint density at radius 2 is 1.64 bits per heavy atom. The van der Waals surface area contributed by atoms with Crippen molar-refractivity contribution in [2.45, 2.75) is 13.0 Å². The van der Waals surface area contributed by atoms with Gasteiger partial charge in [-0.2, -0.15) is 0 Å². The van der Waals surface area contributed by atoms with Gasteiger partial charge in [0.2, 0.25) is 0 Å². The molecule has 2 aromatic carbocycles. The molecule has 0 bridgehead atoms. The first kappa shape index (κ1) is 21.1. The molecule has 0 heterocycles. The topological polar surface area (TPSA) is 54.9 Å². The van der Waals surface area contributed by atoms with Crippen molar-refractivity contribution in [3.63, 3.8) is 0 Å². The molecule has 0 atom stereocenters. The fraction of sp³-hybridized carbons (Fsp3) is 0.316. The molecule has 0 spiro atoms. The van der Waals surface area contributed by atoms with Crippen molar-refractivity contribution in [3.05, 3.63) is 59.7 Å². The van der Waals surface area contributed by atoms with E-state index in [0.29, 0.717) is 6.54 Å². The molecule has 2 N–H and O–H groups in total. The minimum Gasteiger partial charge on any atom is -0.497 e. The lowest BCUT2D eigenvalue weighted by molar-refractivity contribution is 0.414. The predicted octanol–water partition coefficient (Wildman–Crippen LogP) is 3.23. The third kappa shape index (κ3) is 7.21. The van der Waals surface area contributed by atoms with E-state index in [4.69, 9.17) is 9.47 Å². The molecule has 2 rings (SSSR count). The molecule has 0 aliphatic rings. The maximum absolute atomic E-state index is 5.24. The minimum absolute atomic E-state index is 0. The van der Waals surface area contributed by atoms with Gasteiger partial charge < -0.3 is 20.1 Å². The Kier molecular flexibility index (Phi) is 9.76. The molecule has 0 unspecified atom stereocenters. The first-order valence-corrected chi connectivity index (χ1v) is 7.95. The number of halogens is 1. The number of aliphatic imine (C=N–C) groups is 1. The van der Waals surface area contributed by atoms with Gasteiger partial charge in [-0.1, -0.05) is 24.3 Å². The number of benzene rings is 2. The van der Waals surface area contributed by atoms with Crippen molar-refractivity contribution < 1.29 is 9.47 Å². The predicted molar refractivity (Wildman–Crippen MR) is 113 cm³/mol. The van der Waals surface area contributed by atoms with E-state index in [1.807, 2.05) is 36.4 Å². The van der Waals surface area contributed by atoms with Crippen LogP contribution in [-0.4, -0.2) is 33.8 Å². The average molecular weight is 455 g/mol. The summed E-state index contributed by atoms with van der Waals surface area (Å²) < 4.78 is 10.4. The molecule has 0 saturated carbocycles. The van der Waals surface area contributed by atoms with E-state index in [1.165, 1.54) is 11.1 Å². The summed E-state index contributed by atoms with van der Waals surface area (Å²) in [6.45, 7) is 1.51. The highest BCUT2D eigenvalue weighted by Crippen LogP contribution is 2.12. The third-order valence-corrected chi connectivity index (χ3v) is 3.68. The van der Waals surface area contributed by atoms with Crippen LogP contribution in [0.1, 0.15) is 11.1 Å². The number of hydrogen-bond acceptors (Lipinski definition) is 3. The Bertz CT molecular complexity index is 660. The third-order valence-electron chi connectivity index (χ3n) is 3.68. The van der Waals surface area contributed by atoms with Gasteiger partial charge in [0.05, 0.1) is 14.2 Å². The van der Waals surface area contributed by atoms with Gasteiger partial charge in [0, 0.05) is 20.1 Å². The van der Waals surface area contributed by atoms with Gasteiger partial charge in [-0.05, 0) is 41.8 Å².